The van der Waals surface area contributed by atoms with Gasteiger partial charge in [0.05, 0.1) is 17.8 Å². The summed E-state index contributed by atoms with van der Waals surface area (Å²) < 4.78 is 5.10. The molecule has 2 N–H and O–H groups in total. The van der Waals surface area contributed by atoms with E-state index in [1.54, 1.807) is 50.4 Å². The molecule has 0 atom stereocenters. The van der Waals surface area contributed by atoms with Gasteiger partial charge in [0.1, 0.15) is 11.4 Å². The maximum Gasteiger partial charge on any atom is 0.274 e. The molecule has 1 aromatic heterocycles. The van der Waals surface area contributed by atoms with Crippen LogP contribution in [0.4, 0.5) is 17.3 Å². The zero-order valence-corrected chi connectivity index (χ0v) is 15.0. The smallest absolute Gasteiger partial charge is 0.274 e. The molecule has 3 rings (SSSR count). The summed E-state index contributed by atoms with van der Waals surface area (Å²) in [5.74, 6) is 0.688. The van der Waals surface area contributed by atoms with Gasteiger partial charge in [-0.25, -0.2) is 9.97 Å². The lowest BCUT2D eigenvalue weighted by Crippen LogP contribution is -2.15. The van der Waals surface area contributed by atoms with Crippen LogP contribution < -0.4 is 15.4 Å². The van der Waals surface area contributed by atoms with Crippen LogP contribution in [0.5, 0.6) is 5.75 Å². The molecule has 0 radical (unpaired) electrons. The highest BCUT2D eigenvalue weighted by Gasteiger charge is 2.12. The molecule has 132 valence electrons. The minimum absolute atomic E-state index is 0.253. The number of carbonyl (C=O) groups excluding carboxylic acids is 1. The van der Waals surface area contributed by atoms with Crippen LogP contribution in [0.25, 0.3) is 0 Å². The number of benzene rings is 2. The lowest BCUT2D eigenvalue weighted by atomic mass is 10.2. The Hall–Kier alpha value is -3.12. The monoisotopic (exact) mass is 368 g/mol. The largest absolute Gasteiger partial charge is 0.497 e. The van der Waals surface area contributed by atoms with Gasteiger partial charge in [-0.05, 0) is 49.4 Å². The number of halogens is 1. The summed E-state index contributed by atoms with van der Waals surface area (Å²) >= 11 is 6.14. The minimum atomic E-state index is -0.331. The molecule has 0 unspecified atom stereocenters. The van der Waals surface area contributed by atoms with Gasteiger partial charge in [0.15, 0.2) is 0 Å². The molecular weight excluding hydrogens is 352 g/mol. The third kappa shape index (κ3) is 4.29. The van der Waals surface area contributed by atoms with E-state index in [-0.39, 0.29) is 11.6 Å². The number of aromatic nitrogens is 2. The van der Waals surface area contributed by atoms with Crippen molar-refractivity contribution in [1.82, 2.24) is 9.97 Å². The summed E-state index contributed by atoms with van der Waals surface area (Å²) in [6, 6.07) is 15.9. The molecule has 26 heavy (non-hydrogen) atoms. The topological polar surface area (TPSA) is 76.1 Å². The highest BCUT2D eigenvalue weighted by atomic mass is 35.5. The van der Waals surface area contributed by atoms with Crippen molar-refractivity contribution in [3.8, 4) is 5.75 Å². The predicted molar refractivity (Wildman–Crippen MR) is 102 cm³/mol. The quantitative estimate of drug-likeness (QED) is 0.696. The lowest BCUT2D eigenvalue weighted by Gasteiger charge is -2.10. The molecule has 7 heteroatoms. The normalized spacial score (nSPS) is 10.3. The summed E-state index contributed by atoms with van der Waals surface area (Å²) in [6.45, 7) is 1.80. The summed E-state index contributed by atoms with van der Waals surface area (Å²) in [5, 5.41) is 6.38. The number of nitrogens with zero attached hydrogens (tertiary/aromatic N) is 2. The zero-order valence-electron chi connectivity index (χ0n) is 14.3. The number of hydrogen-bond acceptors (Lipinski definition) is 5. The fourth-order valence-corrected chi connectivity index (χ4v) is 2.48. The SMILES string of the molecule is COc1ccc(NC(=O)c2cc(C)nc(Nc3ccccc3Cl)n2)cc1. The molecule has 0 saturated carbocycles. The van der Waals surface area contributed by atoms with E-state index in [2.05, 4.69) is 20.6 Å². The van der Waals surface area contributed by atoms with Gasteiger partial charge >= 0.3 is 0 Å². The Morgan fingerprint density at radius 2 is 1.81 bits per heavy atom. The molecule has 0 saturated heterocycles. The van der Waals surface area contributed by atoms with Crippen LogP contribution in [0, 0.1) is 6.92 Å². The molecular formula is C19H17ClN4O2. The van der Waals surface area contributed by atoms with Crippen molar-refractivity contribution in [3.05, 3.63) is 71.0 Å². The second-order valence-corrected chi connectivity index (χ2v) is 5.91. The van der Waals surface area contributed by atoms with Crippen LogP contribution in [0.2, 0.25) is 5.02 Å². The van der Waals surface area contributed by atoms with E-state index in [1.807, 2.05) is 18.2 Å². The summed E-state index contributed by atoms with van der Waals surface area (Å²) in [5.41, 5.74) is 2.23. The maximum absolute atomic E-state index is 12.5. The number of ether oxygens (including phenoxy) is 1. The Balaban J connectivity index is 1.80. The number of rotatable bonds is 5. The van der Waals surface area contributed by atoms with Crippen molar-refractivity contribution in [2.75, 3.05) is 17.7 Å². The lowest BCUT2D eigenvalue weighted by molar-refractivity contribution is 0.102. The van der Waals surface area contributed by atoms with Crippen molar-refractivity contribution in [2.45, 2.75) is 6.92 Å². The first-order chi connectivity index (χ1) is 12.5. The van der Waals surface area contributed by atoms with Crippen molar-refractivity contribution < 1.29 is 9.53 Å². The Kier molecular flexibility index (Phi) is 5.34. The number of hydrogen-bond donors (Lipinski definition) is 2. The molecule has 0 spiro atoms. The van der Waals surface area contributed by atoms with E-state index in [0.29, 0.717) is 33.8 Å². The summed E-state index contributed by atoms with van der Waals surface area (Å²) in [7, 11) is 1.59. The van der Waals surface area contributed by atoms with Crippen LogP contribution in [0.15, 0.2) is 54.6 Å². The van der Waals surface area contributed by atoms with Crippen molar-refractivity contribution in [3.63, 3.8) is 0 Å². The molecule has 1 amide bonds. The molecule has 3 aromatic rings. The van der Waals surface area contributed by atoms with E-state index in [1.165, 1.54) is 0 Å². The summed E-state index contributed by atoms with van der Waals surface area (Å²) in [4.78, 5) is 21.1. The van der Waals surface area contributed by atoms with E-state index in [9.17, 15) is 4.79 Å². The molecule has 0 fully saturated rings. The second-order valence-electron chi connectivity index (χ2n) is 5.51. The molecule has 1 heterocycles. The third-order valence-electron chi connectivity index (χ3n) is 3.56. The van der Waals surface area contributed by atoms with E-state index < -0.39 is 0 Å². The first-order valence-corrected chi connectivity index (χ1v) is 8.25. The van der Waals surface area contributed by atoms with E-state index >= 15 is 0 Å². The average Bonchev–Trinajstić information content (AvgIpc) is 2.64. The average molecular weight is 369 g/mol. The van der Waals surface area contributed by atoms with E-state index in [4.69, 9.17) is 16.3 Å². The maximum atomic E-state index is 12.5. The van der Waals surface area contributed by atoms with Gasteiger partial charge in [-0.1, -0.05) is 23.7 Å². The highest BCUT2D eigenvalue weighted by molar-refractivity contribution is 6.33. The van der Waals surface area contributed by atoms with Crippen LogP contribution in [0.3, 0.4) is 0 Å². The Morgan fingerprint density at radius 1 is 1.08 bits per heavy atom. The Labute approximate surface area is 156 Å². The number of methoxy groups -OCH3 is 1. The van der Waals surface area contributed by atoms with Gasteiger partial charge in [-0.15, -0.1) is 0 Å². The Bertz CT molecular complexity index is 929. The van der Waals surface area contributed by atoms with Gasteiger partial charge in [0.2, 0.25) is 5.95 Å². The number of para-hydroxylation sites is 1. The number of nitrogens with one attached hydrogen (secondary N) is 2. The van der Waals surface area contributed by atoms with Crippen LogP contribution in [-0.4, -0.2) is 23.0 Å². The fourth-order valence-electron chi connectivity index (χ4n) is 2.29. The Morgan fingerprint density at radius 3 is 2.50 bits per heavy atom. The van der Waals surface area contributed by atoms with Crippen LogP contribution >= 0.6 is 11.6 Å². The first kappa shape index (κ1) is 17.7. The van der Waals surface area contributed by atoms with Crippen LogP contribution in [-0.2, 0) is 0 Å². The number of aryl methyl sites for hydroxylation is 1. The molecule has 2 aromatic carbocycles. The van der Waals surface area contributed by atoms with Gasteiger partial charge in [-0.3, -0.25) is 4.79 Å². The van der Waals surface area contributed by atoms with Gasteiger partial charge in [0, 0.05) is 11.4 Å². The van der Waals surface area contributed by atoms with Gasteiger partial charge in [-0.2, -0.15) is 0 Å². The highest BCUT2D eigenvalue weighted by Crippen LogP contribution is 2.23. The van der Waals surface area contributed by atoms with E-state index in [0.717, 1.165) is 0 Å². The zero-order chi connectivity index (χ0) is 18.5. The predicted octanol–water partition coefficient (Wildman–Crippen LogP) is 4.44. The molecule has 0 bridgehead atoms. The standard InChI is InChI=1S/C19H17ClN4O2/c1-12-11-17(18(25)22-13-7-9-14(26-2)10-8-13)24-19(21-12)23-16-6-4-3-5-15(16)20/h3-11H,1-2H3,(H,22,25)(H,21,23,24). The van der Waals surface area contributed by atoms with Gasteiger partial charge < -0.3 is 15.4 Å². The van der Waals surface area contributed by atoms with Crippen molar-refractivity contribution >= 4 is 34.8 Å². The van der Waals surface area contributed by atoms with Crippen molar-refractivity contribution in [2.24, 2.45) is 0 Å². The van der Waals surface area contributed by atoms with Crippen molar-refractivity contribution in [1.29, 1.82) is 0 Å². The number of anilines is 3. The number of carbonyl (C=O) groups is 1. The van der Waals surface area contributed by atoms with Gasteiger partial charge in [0.25, 0.3) is 5.91 Å². The molecule has 6 nitrogen and oxygen atoms in total. The first-order valence-electron chi connectivity index (χ1n) is 7.88. The molecule has 0 aliphatic carbocycles. The minimum Gasteiger partial charge on any atom is -0.497 e. The second kappa shape index (κ2) is 7.84. The van der Waals surface area contributed by atoms with Crippen LogP contribution in [0.1, 0.15) is 16.2 Å². The molecule has 0 aliphatic heterocycles. The molecule has 0 aliphatic rings. The number of amides is 1. The fraction of sp³-hybridized carbons (Fsp3) is 0.105. The third-order valence-corrected chi connectivity index (χ3v) is 3.88. The summed E-state index contributed by atoms with van der Waals surface area (Å²) in [6.07, 6.45) is 0.